The lowest BCUT2D eigenvalue weighted by atomic mass is 10.0. The fourth-order valence-electron chi connectivity index (χ4n) is 1.92. The van der Waals surface area contributed by atoms with Gasteiger partial charge < -0.3 is 5.11 Å². The maximum atomic E-state index is 10.8. The Kier molecular flexibility index (Phi) is 3.60. The Balaban J connectivity index is 2.46. The molecule has 4 nitrogen and oxygen atoms in total. The van der Waals surface area contributed by atoms with Crippen molar-refractivity contribution in [3.05, 3.63) is 46.9 Å². The highest BCUT2D eigenvalue weighted by Crippen LogP contribution is 2.21. The molecule has 1 aromatic heterocycles. The number of carboxylic acids is 1. The Morgan fingerprint density at radius 1 is 1.11 bits per heavy atom. The van der Waals surface area contributed by atoms with E-state index in [9.17, 15) is 4.79 Å². The summed E-state index contributed by atoms with van der Waals surface area (Å²) < 4.78 is 0. The standard InChI is InChI=1S/C15H16N2O2/c1-9-4-5-12(6-10(9)2)14-7-13(8-15(18)19)16-11(3)17-14/h4-7H,8H2,1-3H3,(H,18,19). The molecule has 0 aliphatic rings. The van der Waals surface area contributed by atoms with Crippen LogP contribution in [0.25, 0.3) is 11.3 Å². The third-order valence-electron chi connectivity index (χ3n) is 3.03. The number of hydrogen-bond donors (Lipinski definition) is 1. The van der Waals surface area contributed by atoms with Crippen LogP contribution in [0.15, 0.2) is 24.3 Å². The van der Waals surface area contributed by atoms with Crippen LogP contribution in [0.5, 0.6) is 0 Å². The molecule has 0 atom stereocenters. The van der Waals surface area contributed by atoms with Gasteiger partial charge in [0.25, 0.3) is 0 Å². The fourth-order valence-corrected chi connectivity index (χ4v) is 1.92. The third-order valence-corrected chi connectivity index (χ3v) is 3.03. The maximum absolute atomic E-state index is 10.8. The predicted molar refractivity (Wildman–Crippen MR) is 73.0 cm³/mol. The maximum Gasteiger partial charge on any atom is 0.309 e. The fraction of sp³-hybridized carbons (Fsp3) is 0.267. The molecule has 0 unspecified atom stereocenters. The molecular formula is C15H16N2O2. The zero-order valence-electron chi connectivity index (χ0n) is 11.3. The number of aromatic nitrogens is 2. The van der Waals surface area contributed by atoms with E-state index in [1.807, 2.05) is 19.1 Å². The van der Waals surface area contributed by atoms with Crippen LogP contribution in [0.3, 0.4) is 0 Å². The SMILES string of the molecule is Cc1nc(CC(=O)O)cc(-c2ccc(C)c(C)c2)n1. The first kappa shape index (κ1) is 13.2. The summed E-state index contributed by atoms with van der Waals surface area (Å²) >= 11 is 0. The van der Waals surface area contributed by atoms with E-state index in [4.69, 9.17) is 5.11 Å². The molecular weight excluding hydrogens is 240 g/mol. The van der Waals surface area contributed by atoms with Gasteiger partial charge in [-0.25, -0.2) is 9.97 Å². The summed E-state index contributed by atoms with van der Waals surface area (Å²) in [6, 6.07) is 7.83. The van der Waals surface area contributed by atoms with Crippen LogP contribution in [-0.2, 0) is 11.2 Å². The highest BCUT2D eigenvalue weighted by Gasteiger charge is 2.08. The minimum Gasteiger partial charge on any atom is -0.481 e. The van der Waals surface area contributed by atoms with Crippen molar-refractivity contribution in [3.8, 4) is 11.3 Å². The molecule has 0 aliphatic carbocycles. The van der Waals surface area contributed by atoms with E-state index in [0.717, 1.165) is 11.3 Å². The number of hydrogen-bond acceptors (Lipinski definition) is 3. The number of carbonyl (C=O) groups is 1. The molecule has 0 fully saturated rings. The molecule has 0 bridgehead atoms. The monoisotopic (exact) mass is 256 g/mol. The average Bonchev–Trinajstić information content (AvgIpc) is 2.31. The van der Waals surface area contributed by atoms with Gasteiger partial charge in [0.2, 0.25) is 0 Å². The second kappa shape index (κ2) is 5.18. The Hall–Kier alpha value is -2.23. The third kappa shape index (κ3) is 3.16. The molecule has 1 aromatic carbocycles. The first-order valence-corrected chi connectivity index (χ1v) is 6.09. The van der Waals surface area contributed by atoms with Crippen molar-refractivity contribution in [2.75, 3.05) is 0 Å². The molecule has 2 aromatic rings. The van der Waals surface area contributed by atoms with Gasteiger partial charge in [0.05, 0.1) is 17.8 Å². The lowest BCUT2D eigenvalue weighted by molar-refractivity contribution is -0.136. The van der Waals surface area contributed by atoms with Gasteiger partial charge in [0.1, 0.15) is 5.82 Å². The minimum absolute atomic E-state index is 0.0821. The van der Waals surface area contributed by atoms with Crippen molar-refractivity contribution in [1.29, 1.82) is 0 Å². The number of aliphatic carboxylic acids is 1. The highest BCUT2D eigenvalue weighted by molar-refractivity contribution is 5.70. The molecule has 1 heterocycles. The molecule has 98 valence electrons. The van der Waals surface area contributed by atoms with Crippen molar-refractivity contribution in [3.63, 3.8) is 0 Å². The Bertz CT molecular complexity index is 636. The van der Waals surface area contributed by atoms with Crippen molar-refractivity contribution >= 4 is 5.97 Å². The molecule has 2 rings (SSSR count). The summed E-state index contributed by atoms with van der Waals surface area (Å²) in [5.74, 6) is -0.295. The first-order chi connectivity index (χ1) is 8.95. The van der Waals surface area contributed by atoms with Gasteiger partial charge in [-0.1, -0.05) is 12.1 Å². The number of carboxylic acid groups (broad SMARTS) is 1. The van der Waals surface area contributed by atoms with E-state index in [-0.39, 0.29) is 6.42 Å². The average molecular weight is 256 g/mol. The van der Waals surface area contributed by atoms with Crippen molar-refractivity contribution in [1.82, 2.24) is 9.97 Å². The van der Waals surface area contributed by atoms with Crippen molar-refractivity contribution in [2.45, 2.75) is 27.2 Å². The molecule has 0 saturated heterocycles. The van der Waals surface area contributed by atoms with E-state index < -0.39 is 5.97 Å². The molecule has 0 amide bonds. The largest absolute Gasteiger partial charge is 0.481 e. The van der Waals surface area contributed by atoms with Crippen molar-refractivity contribution in [2.24, 2.45) is 0 Å². The second-order valence-corrected chi connectivity index (χ2v) is 4.66. The van der Waals surface area contributed by atoms with E-state index in [2.05, 4.69) is 23.0 Å². The number of benzene rings is 1. The van der Waals surface area contributed by atoms with Gasteiger partial charge in [-0.05, 0) is 44.0 Å². The molecule has 0 saturated carbocycles. The van der Waals surface area contributed by atoms with Crippen LogP contribution >= 0.6 is 0 Å². The number of rotatable bonds is 3. The van der Waals surface area contributed by atoms with E-state index >= 15 is 0 Å². The smallest absolute Gasteiger partial charge is 0.309 e. The number of nitrogens with zero attached hydrogens (tertiary/aromatic N) is 2. The molecule has 0 radical (unpaired) electrons. The summed E-state index contributed by atoms with van der Waals surface area (Å²) in [5.41, 5.74) is 4.70. The van der Waals surface area contributed by atoms with Gasteiger partial charge in [-0.15, -0.1) is 0 Å². The summed E-state index contributed by atoms with van der Waals surface area (Å²) in [6.45, 7) is 5.88. The molecule has 4 heteroatoms. The van der Waals surface area contributed by atoms with E-state index in [1.54, 1.807) is 13.0 Å². The van der Waals surface area contributed by atoms with Crippen molar-refractivity contribution < 1.29 is 9.90 Å². The van der Waals surface area contributed by atoms with Crippen LogP contribution in [0, 0.1) is 20.8 Å². The van der Waals surface area contributed by atoms with Crippen LogP contribution in [-0.4, -0.2) is 21.0 Å². The van der Waals surface area contributed by atoms with Gasteiger partial charge in [0, 0.05) is 5.56 Å². The highest BCUT2D eigenvalue weighted by atomic mass is 16.4. The topological polar surface area (TPSA) is 63.1 Å². The number of aryl methyl sites for hydroxylation is 3. The van der Waals surface area contributed by atoms with Crippen LogP contribution in [0.4, 0.5) is 0 Å². The zero-order chi connectivity index (χ0) is 14.0. The van der Waals surface area contributed by atoms with E-state index in [0.29, 0.717) is 11.5 Å². The Morgan fingerprint density at radius 3 is 2.47 bits per heavy atom. The zero-order valence-corrected chi connectivity index (χ0v) is 11.3. The van der Waals surface area contributed by atoms with Crippen LogP contribution < -0.4 is 0 Å². The van der Waals surface area contributed by atoms with Gasteiger partial charge >= 0.3 is 5.97 Å². The quantitative estimate of drug-likeness (QED) is 0.917. The minimum atomic E-state index is -0.885. The second-order valence-electron chi connectivity index (χ2n) is 4.66. The van der Waals surface area contributed by atoms with Gasteiger partial charge in [0.15, 0.2) is 0 Å². The summed E-state index contributed by atoms with van der Waals surface area (Å²) in [6.07, 6.45) is -0.0821. The predicted octanol–water partition coefficient (Wildman–Crippen LogP) is 2.70. The molecule has 0 spiro atoms. The normalized spacial score (nSPS) is 10.5. The van der Waals surface area contributed by atoms with Crippen LogP contribution in [0.2, 0.25) is 0 Å². The van der Waals surface area contributed by atoms with Crippen LogP contribution in [0.1, 0.15) is 22.6 Å². The Labute approximate surface area is 112 Å². The molecule has 19 heavy (non-hydrogen) atoms. The lowest BCUT2D eigenvalue weighted by Crippen LogP contribution is -2.05. The molecule has 0 aliphatic heterocycles. The van der Waals surface area contributed by atoms with Gasteiger partial charge in [-0.2, -0.15) is 0 Å². The first-order valence-electron chi connectivity index (χ1n) is 6.09. The van der Waals surface area contributed by atoms with E-state index in [1.165, 1.54) is 11.1 Å². The Morgan fingerprint density at radius 2 is 1.84 bits per heavy atom. The summed E-state index contributed by atoms with van der Waals surface area (Å²) in [4.78, 5) is 19.3. The summed E-state index contributed by atoms with van der Waals surface area (Å²) in [5, 5.41) is 8.84. The summed E-state index contributed by atoms with van der Waals surface area (Å²) in [7, 11) is 0. The lowest BCUT2D eigenvalue weighted by Gasteiger charge is -2.07. The van der Waals surface area contributed by atoms with Gasteiger partial charge in [-0.3, -0.25) is 4.79 Å². The molecule has 1 N–H and O–H groups in total.